The Morgan fingerprint density at radius 3 is 2.23 bits per heavy atom. The zero-order valence-corrected chi connectivity index (χ0v) is 17.4. The molecular weight excluding hydrogens is 408 g/mol. The van der Waals surface area contributed by atoms with E-state index in [-0.39, 0.29) is 5.91 Å². The van der Waals surface area contributed by atoms with E-state index in [1.807, 2.05) is 4.90 Å². The standard InChI is InChI=1S/C22H21ClN2O5/c1-28-16-6-3-14(4-7-16)19-20(24-9-11-30-12-10-24)22(27)25(21(19)26)15-5-8-18(29-2)17(23)13-15/h3-8,13H,9-12H2,1-2H3. The predicted molar refractivity (Wildman–Crippen MR) is 113 cm³/mol. The number of benzene rings is 2. The van der Waals surface area contributed by atoms with Gasteiger partial charge in [0.25, 0.3) is 11.8 Å². The summed E-state index contributed by atoms with van der Waals surface area (Å²) in [5.41, 5.74) is 1.78. The molecule has 2 heterocycles. The Labute approximate surface area is 179 Å². The Balaban J connectivity index is 1.79. The summed E-state index contributed by atoms with van der Waals surface area (Å²) in [5.74, 6) is 0.362. The number of halogens is 1. The van der Waals surface area contributed by atoms with Gasteiger partial charge < -0.3 is 19.1 Å². The molecule has 1 fully saturated rings. The Morgan fingerprint density at radius 2 is 1.63 bits per heavy atom. The summed E-state index contributed by atoms with van der Waals surface area (Å²) in [5, 5.41) is 0.321. The number of amides is 2. The van der Waals surface area contributed by atoms with Crippen molar-refractivity contribution >= 4 is 34.7 Å². The monoisotopic (exact) mass is 428 g/mol. The molecule has 2 aliphatic heterocycles. The Hall–Kier alpha value is -3.03. The average molecular weight is 429 g/mol. The number of rotatable bonds is 5. The summed E-state index contributed by atoms with van der Waals surface area (Å²) >= 11 is 6.25. The van der Waals surface area contributed by atoms with Crippen LogP contribution in [0.25, 0.3) is 5.57 Å². The maximum absolute atomic E-state index is 13.5. The SMILES string of the molecule is COc1ccc(C2=C(N3CCOCC3)C(=O)N(c3ccc(OC)c(Cl)c3)C2=O)cc1. The number of carbonyl (C=O) groups is 2. The van der Waals surface area contributed by atoms with E-state index in [4.69, 9.17) is 25.8 Å². The fraction of sp³-hybridized carbons (Fsp3) is 0.273. The molecule has 2 aromatic rings. The molecule has 4 rings (SSSR count). The zero-order valence-electron chi connectivity index (χ0n) is 16.7. The van der Waals surface area contributed by atoms with Gasteiger partial charge in [0.15, 0.2) is 0 Å². The summed E-state index contributed by atoms with van der Waals surface area (Å²) in [7, 11) is 3.08. The fourth-order valence-electron chi connectivity index (χ4n) is 3.65. The first-order valence-electron chi connectivity index (χ1n) is 9.49. The highest BCUT2D eigenvalue weighted by atomic mass is 35.5. The Morgan fingerprint density at radius 1 is 0.933 bits per heavy atom. The molecule has 0 aliphatic carbocycles. The molecule has 2 aliphatic rings. The van der Waals surface area contributed by atoms with Crippen LogP contribution in [0.4, 0.5) is 5.69 Å². The highest BCUT2D eigenvalue weighted by Gasteiger charge is 2.42. The molecule has 0 unspecified atom stereocenters. The fourth-order valence-corrected chi connectivity index (χ4v) is 3.90. The minimum atomic E-state index is -0.395. The van der Waals surface area contributed by atoms with Crippen molar-refractivity contribution in [3.05, 3.63) is 58.7 Å². The normalized spacial score (nSPS) is 17.0. The molecule has 7 nitrogen and oxygen atoms in total. The van der Waals surface area contributed by atoms with Gasteiger partial charge >= 0.3 is 0 Å². The number of hydrogen-bond donors (Lipinski definition) is 0. The van der Waals surface area contributed by atoms with E-state index in [0.717, 1.165) is 4.90 Å². The van der Waals surface area contributed by atoms with Crippen LogP contribution in [0.3, 0.4) is 0 Å². The first-order valence-corrected chi connectivity index (χ1v) is 9.86. The summed E-state index contributed by atoms with van der Waals surface area (Å²) in [6.07, 6.45) is 0. The second-order valence-corrected chi connectivity index (χ2v) is 7.22. The third-order valence-corrected chi connectivity index (χ3v) is 5.45. The van der Waals surface area contributed by atoms with Crippen molar-refractivity contribution in [1.82, 2.24) is 4.90 Å². The van der Waals surface area contributed by atoms with Crippen molar-refractivity contribution in [2.45, 2.75) is 0 Å². The average Bonchev–Trinajstić information content (AvgIpc) is 3.04. The lowest BCUT2D eigenvalue weighted by Gasteiger charge is -2.29. The van der Waals surface area contributed by atoms with Gasteiger partial charge in [-0.05, 0) is 35.9 Å². The van der Waals surface area contributed by atoms with Crippen LogP contribution in [0.15, 0.2) is 48.2 Å². The van der Waals surface area contributed by atoms with Gasteiger partial charge in [-0.2, -0.15) is 0 Å². The van der Waals surface area contributed by atoms with E-state index in [9.17, 15) is 9.59 Å². The van der Waals surface area contributed by atoms with Crippen molar-refractivity contribution in [3.8, 4) is 11.5 Å². The van der Waals surface area contributed by atoms with Gasteiger partial charge in [0.05, 0.1) is 43.7 Å². The van der Waals surface area contributed by atoms with Crippen LogP contribution in [0, 0.1) is 0 Å². The van der Waals surface area contributed by atoms with Gasteiger partial charge in [-0.1, -0.05) is 23.7 Å². The van der Waals surface area contributed by atoms with Crippen molar-refractivity contribution in [2.24, 2.45) is 0 Å². The van der Waals surface area contributed by atoms with E-state index in [1.54, 1.807) is 49.6 Å². The lowest BCUT2D eigenvalue weighted by Crippen LogP contribution is -2.40. The molecule has 0 N–H and O–H groups in total. The van der Waals surface area contributed by atoms with E-state index in [1.165, 1.54) is 7.11 Å². The smallest absolute Gasteiger partial charge is 0.282 e. The van der Waals surface area contributed by atoms with Crippen LogP contribution in [0.2, 0.25) is 5.02 Å². The second kappa shape index (κ2) is 8.38. The van der Waals surface area contributed by atoms with Crippen molar-refractivity contribution in [3.63, 3.8) is 0 Å². The van der Waals surface area contributed by atoms with E-state index < -0.39 is 5.91 Å². The quantitative estimate of drug-likeness (QED) is 0.682. The molecular formula is C22H21ClN2O5. The van der Waals surface area contributed by atoms with Gasteiger partial charge in [-0.15, -0.1) is 0 Å². The molecule has 30 heavy (non-hydrogen) atoms. The molecule has 0 radical (unpaired) electrons. The summed E-state index contributed by atoms with van der Waals surface area (Å²) in [6.45, 7) is 2.06. The summed E-state index contributed by atoms with van der Waals surface area (Å²) in [6, 6.07) is 11.9. The number of anilines is 1. The highest BCUT2D eigenvalue weighted by Crippen LogP contribution is 2.37. The lowest BCUT2D eigenvalue weighted by molar-refractivity contribution is -0.121. The van der Waals surface area contributed by atoms with Gasteiger partial charge in [0.2, 0.25) is 0 Å². The molecule has 0 spiro atoms. The maximum Gasteiger partial charge on any atom is 0.282 e. The van der Waals surface area contributed by atoms with Gasteiger partial charge in [0, 0.05) is 13.1 Å². The number of nitrogens with zero attached hydrogens (tertiary/aromatic N) is 2. The molecule has 2 aromatic carbocycles. The van der Waals surface area contributed by atoms with E-state index in [2.05, 4.69) is 0 Å². The predicted octanol–water partition coefficient (Wildman–Crippen LogP) is 2.97. The van der Waals surface area contributed by atoms with Crippen LogP contribution < -0.4 is 14.4 Å². The first-order chi connectivity index (χ1) is 14.5. The first kappa shape index (κ1) is 20.3. The minimum absolute atomic E-state index is 0.321. The van der Waals surface area contributed by atoms with Crippen molar-refractivity contribution in [1.29, 1.82) is 0 Å². The van der Waals surface area contributed by atoms with Crippen LogP contribution in [0.5, 0.6) is 11.5 Å². The van der Waals surface area contributed by atoms with Gasteiger partial charge in [-0.3, -0.25) is 9.59 Å². The molecule has 156 valence electrons. The molecule has 0 bridgehead atoms. The molecule has 2 amide bonds. The number of carbonyl (C=O) groups excluding carboxylic acids is 2. The lowest BCUT2D eigenvalue weighted by atomic mass is 10.0. The summed E-state index contributed by atoms with van der Waals surface area (Å²) < 4.78 is 15.8. The van der Waals surface area contributed by atoms with Crippen molar-refractivity contribution < 1.29 is 23.8 Å². The van der Waals surface area contributed by atoms with Crippen molar-refractivity contribution in [2.75, 3.05) is 45.4 Å². The van der Waals surface area contributed by atoms with Gasteiger partial charge in [-0.25, -0.2) is 4.90 Å². The summed E-state index contributed by atoms with van der Waals surface area (Å²) in [4.78, 5) is 30.0. The highest BCUT2D eigenvalue weighted by molar-refractivity contribution is 6.45. The molecule has 1 saturated heterocycles. The van der Waals surface area contributed by atoms with Crippen LogP contribution in [-0.4, -0.2) is 57.2 Å². The number of ether oxygens (including phenoxy) is 3. The number of morpholine rings is 1. The Bertz CT molecular complexity index is 1010. The number of imide groups is 1. The third kappa shape index (κ3) is 3.51. The van der Waals surface area contributed by atoms with Crippen LogP contribution >= 0.6 is 11.6 Å². The molecule has 8 heteroatoms. The van der Waals surface area contributed by atoms with Gasteiger partial charge in [0.1, 0.15) is 17.2 Å². The van der Waals surface area contributed by atoms with E-state index >= 15 is 0 Å². The zero-order chi connectivity index (χ0) is 21.3. The number of methoxy groups -OCH3 is 2. The molecule has 0 aromatic heterocycles. The minimum Gasteiger partial charge on any atom is -0.497 e. The maximum atomic E-state index is 13.5. The van der Waals surface area contributed by atoms with E-state index in [0.29, 0.717) is 65.3 Å². The molecule has 0 saturated carbocycles. The molecule has 0 atom stereocenters. The second-order valence-electron chi connectivity index (χ2n) is 6.82. The Kier molecular flexibility index (Phi) is 5.65. The van der Waals surface area contributed by atoms with Crippen LogP contribution in [0.1, 0.15) is 5.56 Å². The topological polar surface area (TPSA) is 68.3 Å². The number of hydrogen-bond acceptors (Lipinski definition) is 6. The largest absolute Gasteiger partial charge is 0.497 e. The van der Waals surface area contributed by atoms with Crippen LogP contribution in [-0.2, 0) is 14.3 Å². The third-order valence-electron chi connectivity index (χ3n) is 5.16.